The Labute approximate surface area is 159 Å². The van der Waals surface area contributed by atoms with E-state index in [2.05, 4.69) is 10.8 Å². The molecule has 0 aliphatic heterocycles. The van der Waals surface area contributed by atoms with Gasteiger partial charge in [-0.25, -0.2) is 15.1 Å². The number of aromatic hydroxyl groups is 2. The molecule has 1 amide bonds. The maximum atomic E-state index is 12.1. The first-order valence-electron chi connectivity index (χ1n) is 8.04. The predicted octanol–water partition coefficient (Wildman–Crippen LogP) is 0.945. The number of aromatic carboxylic acids is 2. The van der Waals surface area contributed by atoms with E-state index in [1.165, 1.54) is 24.3 Å². The van der Waals surface area contributed by atoms with Gasteiger partial charge in [-0.3, -0.25) is 9.63 Å². The zero-order valence-electron chi connectivity index (χ0n) is 14.5. The van der Waals surface area contributed by atoms with E-state index in [-0.39, 0.29) is 53.4 Å². The summed E-state index contributed by atoms with van der Waals surface area (Å²) in [5, 5.41) is 39.5. The van der Waals surface area contributed by atoms with Crippen LogP contribution in [0, 0.1) is 0 Å². The van der Waals surface area contributed by atoms with Gasteiger partial charge in [-0.2, -0.15) is 0 Å². The van der Waals surface area contributed by atoms with Gasteiger partial charge in [0.25, 0.3) is 5.91 Å². The summed E-state index contributed by atoms with van der Waals surface area (Å²) in [6, 6.07) is 7.13. The lowest BCUT2D eigenvalue weighted by Gasteiger charge is -2.10. The monoisotopic (exact) mass is 390 g/mol. The lowest BCUT2D eigenvalue weighted by atomic mass is 10.1. The Morgan fingerprint density at radius 2 is 1.43 bits per heavy atom. The molecule has 0 radical (unpaired) electrons. The molecule has 10 heteroatoms. The number of phenols is 2. The van der Waals surface area contributed by atoms with E-state index in [9.17, 15) is 24.6 Å². The number of rotatable bonds is 9. The number of carbonyl (C=O) groups excluding carboxylic acids is 1. The van der Waals surface area contributed by atoms with Gasteiger partial charge in [0, 0.05) is 13.1 Å². The Morgan fingerprint density at radius 1 is 0.821 bits per heavy atom. The number of carboxylic acid groups (broad SMARTS) is 2. The normalized spacial score (nSPS) is 10.4. The molecule has 0 saturated heterocycles. The van der Waals surface area contributed by atoms with Crippen molar-refractivity contribution >= 4 is 17.8 Å². The van der Waals surface area contributed by atoms with Crippen LogP contribution in [0.5, 0.6) is 11.5 Å². The minimum atomic E-state index is -1.30. The topological polar surface area (TPSA) is 165 Å². The van der Waals surface area contributed by atoms with Crippen molar-refractivity contribution in [2.45, 2.75) is 6.61 Å². The number of phenolic OH excluding ortho intramolecular Hbond substituents is 2. The first-order valence-corrected chi connectivity index (χ1v) is 8.04. The summed E-state index contributed by atoms with van der Waals surface area (Å²) in [5.41, 5.74) is 2.34. The summed E-state index contributed by atoms with van der Waals surface area (Å²) in [7, 11) is 0. The van der Waals surface area contributed by atoms with Crippen LogP contribution >= 0.6 is 0 Å². The van der Waals surface area contributed by atoms with Gasteiger partial charge in [-0.15, -0.1) is 0 Å². The van der Waals surface area contributed by atoms with E-state index < -0.39 is 17.8 Å². The number of carboxylic acids is 2. The first kappa shape index (κ1) is 20.7. The molecule has 10 nitrogen and oxygen atoms in total. The fourth-order valence-electron chi connectivity index (χ4n) is 2.34. The lowest BCUT2D eigenvalue weighted by Crippen LogP contribution is -2.32. The minimum absolute atomic E-state index is 0.0158. The molecule has 0 heterocycles. The molecule has 6 N–H and O–H groups in total. The van der Waals surface area contributed by atoms with Gasteiger partial charge in [0.05, 0.1) is 23.3 Å². The fourth-order valence-corrected chi connectivity index (χ4v) is 2.34. The number of benzene rings is 2. The molecule has 0 spiro atoms. The van der Waals surface area contributed by atoms with E-state index in [1.54, 1.807) is 0 Å². The maximum absolute atomic E-state index is 12.1. The van der Waals surface area contributed by atoms with Crippen molar-refractivity contribution in [3.63, 3.8) is 0 Å². The van der Waals surface area contributed by atoms with Crippen molar-refractivity contribution in [2.24, 2.45) is 0 Å². The van der Waals surface area contributed by atoms with Gasteiger partial charge in [0.15, 0.2) is 0 Å². The molecule has 0 unspecified atom stereocenters. The maximum Gasteiger partial charge on any atom is 0.336 e. The zero-order chi connectivity index (χ0) is 20.7. The van der Waals surface area contributed by atoms with Crippen LogP contribution in [0.25, 0.3) is 0 Å². The third-order valence-corrected chi connectivity index (χ3v) is 3.64. The van der Waals surface area contributed by atoms with Crippen molar-refractivity contribution in [3.8, 4) is 11.5 Å². The molecule has 0 saturated carbocycles. The van der Waals surface area contributed by atoms with Crippen molar-refractivity contribution in [1.29, 1.82) is 0 Å². The van der Waals surface area contributed by atoms with Crippen molar-refractivity contribution in [2.75, 3.05) is 13.1 Å². The summed E-state index contributed by atoms with van der Waals surface area (Å²) in [5.74, 6) is -3.48. The average molecular weight is 390 g/mol. The van der Waals surface area contributed by atoms with Crippen molar-refractivity contribution < 1.29 is 39.6 Å². The van der Waals surface area contributed by atoms with Gasteiger partial charge in [0.1, 0.15) is 11.5 Å². The molecule has 0 aliphatic carbocycles. The molecule has 0 aromatic heterocycles. The predicted molar refractivity (Wildman–Crippen MR) is 95.3 cm³/mol. The Morgan fingerprint density at radius 3 is 2.07 bits per heavy atom. The highest BCUT2D eigenvalue weighted by atomic mass is 16.6. The average Bonchev–Trinajstić information content (AvgIpc) is 2.63. The number of hydroxylamine groups is 1. The van der Waals surface area contributed by atoms with Crippen LogP contribution in [-0.4, -0.2) is 51.4 Å². The van der Waals surface area contributed by atoms with Crippen molar-refractivity contribution in [3.05, 3.63) is 58.7 Å². The molecule has 0 bridgehead atoms. The number of carbonyl (C=O) groups is 3. The Hall–Kier alpha value is -3.63. The Balaban J connectivity index is 1.82. The van der Waals surface area contributed by atoms with E-state index in [1.807, 2.05) is 0 Å². The molecule has 2 aromatic carbocycles. The summed E-state index contributed by atoms with van der Waals surface area (Å²) in [4.78, 5) is 39.5. The fraction of sp³-hybridized carbons (Fsp3) is 0.167. The van der Waals surface area contributed by atoms with Crippen LogP contribution in [0.15, 0.2) is 36.4 Å². The summed E-state index contributed by atoms with van der Waals surface area (Å²) in [6.45, 7) is 0.0628. The number of nitrogens with one attached hydrogen (secondary N) is 2. The minimum Gasteiger partial charge on any atom is -0.508 e. The van der Waals surface area contributed by atoms with Crippen LogP contribution in [0.1, 0.15) is 36.6 Å². The molecule has 0 atom stereocenters. The SMILES string of the molecule is O=C(O)c1ccc(O)cc1CONCCNC(=O)c1cc(O)ccc1C(=O)O. The molecule has 0 aliphatic rings. The highest BCUT2D eigenvalue weighted by Crippen LogP contribution is 2.18. The van der Waals surface area contributed by atoms with Gasteiger partial charge in [-0.1, -0.05) is 0 Å². The molecule has 28 heavy (non-hydrogen) atoms. The van der Waals surface area contributed by atoms with Gasteiger partial charge in [0.2, 0.25) is 0 Å². The van der Waals surface area contributed by atoms with Crippen LogP contribution in [0.3, 0.4) is 0 Å². The molecule has 2 aromatic rings. The van der Waals surface area contributed by atoms with E-state index in [0.717, 1.165) is 12.1 Å². The second kappa shape index (κ2) is 9.35. The summed E-state index contributed by atoms with van der Waals surface area (Å²) < 4.78 is 0. The molecular weight excluding hydrogens is 372 g/mol. The second-order valence-corrected chi connectivity index (χ2v) is 5.62. The third-order valence-electron chi connectivity index (χ3n) is 3.64. The lowest BCUT2D eigenvalue weighted by molar-refractivity contribution is 0.0277. The van der Waals surface area contributed by atoms with Crippen LogP contribution < -0.4 is 10.8 Å². The smallest absolute Gasteiger partial charge is 0.336 e. The van der Waals surface area contributed by atoms with E-state index in [4.69, 9.17) is 15.1 Å². The van der Waals surface area contributed by atoms with Gasteiger partial charge in [-0.05, 0) is 42.0 Å². The highest BCUT2D eigenvalue weighted by Gasteiger charge is 2.17. The first-order chi connectivity index (χ1) is 13.3. The molecular formula is C18H18N2O8. The standard InChI is InChI=1S/C18H18N2O8/c21-11-1-3-13(17(24)25)10(7-11)9-28-20-6-5-19-16(23)15-8-12(22)2-4-14(15)18(26)27/h1-4,7-8,20-22H,5-6,9H2,(H,19,23)(H,24,25)(H,26,27). The second-order valence-electron chi connectivity index (χ2n) is 5.62. The van der Waals surface area contributed by atoms with Crippen LogP contribution in [-0.2, 0) is 11.4 Å². The molecule has 148 valence electrons. The van der Waals surface area contributed by atoms with Gasteiger partial charge < -0.3 is 25.7 Å². The summed E-state index contributed by atoms with van der Waals surface area (Å²) >= 11 is 0. The van der Waals surface area contributed by atoms with Crippen LogP contribution in [0.2, 0.25) is 0 Å². The molecule has 0 fully saturated rings. The quantitative estimate of drug-likeness (QED) is 0.270. The van der Waals surface area contributed by atoms with Gasteiger partial charge >= 0.3 is 11.9 Å². The van der Waals surface area contributed by atoms with E-state index >= 15 is 0 Å². The van der Waals surface area contributed by atoms with Crippen molar-refractivity contribution in [1.82, 2.24) is 10.8 Å². The number of hydrogen-bond acceptors (Lipinski definition) is 7. The van der Waals surface area contributed by atoms with E-state index in [0.29, 0.717) is 0 Å². The number of amides is 1. The Bertz CT molecular complexity index is 897. The molecule has 2 rings (SSSR count). The van der Waals surface area contributed by atoms with Crippen LogP contribution in [0.4, 0.5) is 0 Å². The Kier molecular flexibility index (Phi) is 6.90. The summed E-state index contributed by atoms with van der Waals surface area (Å²) in [6.07, 6.45) is 0. The largest absolute Gasteiger partial charge is 0.508 e. The number of hydrogen-bond donors (Lipinski definition) is 6. The zero-order valence-corrected chi connectivity index (χ0v) is 14.5. The third kappa shape index (κ3) is 5.43. The highest BCUT2D eigenvalue weighted by molar-refractivity contribution is 6.05.